The Morgan fingerprint density at radius 2 is 2.40 bits per heavy atom. The van der Waals surface area contributed by atoms with E-state index in [-0.39, 0.29) is 11.9 Å². The Kier molecular flexibility index (Phi) is 3.85. The average Bonchev–Trinajstić information content (AvgIpc) is 2.51. The fourth-order valence-corrected chi connectivity index (χ4v) is 1.72. The molecule has 0 aliphatic heterocycles. The van der Waals surface area contributed by atoms with Crippen LogP contribution in [0.3, 0.4) is 0 Å². The highest BCUT2D eigenvalue weighted by Gasteiger charge is 2.15. The van der Waals surface area contributed by atoms with Crippen LogP contribution in [-0.4, -0.2) is 33.6 Å². The van der Waals surface area contributed by atoms with Crippen LogP contribution in [0.5, 0.6) is 0 Å². The van der Waals surface area contributed by atoms with E-state index in [0.717, 1.165) is 18.5 Å². The number of nitrogens with one attached hydrogen (secondary N) is 1. The van der Waals surface area contributed by atoms with Crippen LogP contribution in [0.2, 0.25) is 0 Å². The first-order valence-electron chi connectivity index (χ1n) is 5.06. The van der Waals surface area contributed by atoms with Crippen LogP contribution >= 0.6 is 0 Å². The summed E-state index contributed by atoms with van der Waals surface area (Å²) in [5.74, 6) is 0.226. The first kappa shape index (κ1) is 11.7. The van der Waals surface area contributed by atoms with Gasteiger partial charge in [0.05, 0.1) is 12.2 Å². The molecule has 0 saturated heterocycles. The van der Waals surface area contributed by atoms with E-state index in [1.165, 1.54) is 0 Å². The van der Waals surface area contributed by atoms with Crippen molar-refractivity contribution in [3.05, 3.63) is 18.0 Å². The van der Waals surface area contributed by atoms with Crippen LogP contribution in [-0.2, 0) is 13.6 Å². The molecule has 1 rings (SSSR count). The summed E-state index contributed by atoms with van der Waals surface area (Å²) in [5, 5.41) is 11.6. The summed E-state index contributed by atoms with van der Waals surface area (Å²) in [7, 11) is 3.87. The molecule has 0 radical (unpaired) electrons. The molecule has 1 unspecified atom stereocenters. The Bertz CT molecular complexity index is 330. The van der Waals surface area contributed by atoms with Gasteiger partial charge >= 0.3 is 0 Å². The molecule has 0 aromatic carbocycles. The quantitative estimate of drug-likeness (QED) is 0.550. The average molecular weight is 209 g/mol. The van der Waals surface area contributed by atoms with Crippen LogP contribution in [0.4, 0.5) is 0 Å². The largest absolute Gasteiger partial charge is 0.386 e. The minimum atomic E-state index is 0.0187. The van der Waals surface area contributed by atoms with Gasteiger partial charge in [0.15, 0.2) is 0 Å². The summed E-state index contributed by atoms with van der Waals surface area (Å²) in [6, 6.07) is 0.0187. The van der Waals surface area contributed by atoms with Gasteiger partial charge in [0, 0.05) is 25.4 Å². The summed E-state index contributed by atoms with van der Waals surface area (Å²) in [5.41, 5.74) is 6.67. The summed E-state index contributed by atoms with van der Waals surface area (Å²) < 4.78 is 1.78. The van der Waals surface area contributed by atoms with Crippen molar-refractivity contribution in [2.45, 2.75) is 25.9 Å². The molecule has 15 heavy (non-hydrogen) atoms. The van der Waals surface area contributed by atoms with Gasteiger partial charge in [-0.05, 0) is 13.5 Å². The van der Waals surface area contributed by atoms with Crippen molar-refractivity contribution >= 4 is 5.84 Å². The molecule has 5 heteroatoms. The van der Waals surface area contributed by atoms with Gasteiger partial charge in [0.25, 0.3) is 0 Å². The van der Waals surface area contributed by atoms with Gasteiger partial charge in [-0.15, -0.1) is 0 Å². The SMILES string of the molecule is CCC(C(=N)N)N(C)Cc1cnn(C)c1. The lowest BCUT2D eigenvalue weighted by Crippen LogP contribution is -2.41. The van der Waals surface area contributed by atoms with Gasteiger partial charge in [-0.2, -0.15) is 5.10 Å². The summed E-state index contributed by atoms with van der Waals surface area (Å²) >= 11 is 0. The van der Waals surface area contributed by atoms with Gasteiger partial charge in [0.1, 0.15) is 5.84 Å². The third kappa shape index (κ3) is 3.06. The number of rotatable bonds is 5. The minimum Gasteiger partial charge on any atom is -0.386 e. The highest BCUT2D eigenvalue weighted by Crippen LogP contribution is 2.07. The van der Waals surface area contributed by atoms with E-state index in [9.17, 15) is 0 Å². The van der Waals surface area contributed by atoms with Gasteiger partial charge in [-0.25, -0.2) is 0 Å². The van der Waals surface area contributed by atoms with Crippen LogP contribution in [0, 0.1) is 5.41 Å². The summed E-state index contributed by atoms with van der Waals surface area (Å²) in [6.07, 6.45) is 4.67. The third-order valence-corrected chi connectivity index (χ3v) is 2.47. The lowest BCUT2D eigenvalue weighted by Gasteiger charge is -2.25. The monoisotopic (exact) mass is 209 g/mol. The Morgan fingerprint density at radius 1 is 1.73 bits per heavy atom. The van der Waals surface area contributed by atoms with E-state index < -0.39 is 0 Å². The van der Waals surface area contributed by atoms with Crippen molar-refractivity contribution in [2.75, 3.05) is 7.05 Å². The summed E-state index contributed by atoms with van der Waals surface area (Å²) in [4.78, 5) is 2.07. The molecule has 0 aliphatic carbocycles. The normalized spacial score (nSPS) is 13.1. The lowest BCUT2D eigenvalue weighted by molar-refractivity contribution is 0.280. The number of likely N-dealkylation sites (N-methyl/N-ethyl adjacent to an activating group) is 1. The van der Waals surface area contributed by atoms with E-state index in [1.807, 2.05) is 33.4 Å². The predicted octanol–water partition coefficient (Wildman–Crippen LogP) is 0.566. The molecule has 0 amide bonds. The standard InChI is InChI=1S/C10H19N5/c1-4-9(10(11)12)14(2)6-8-5-13-15(3)7-8/h5,7,9H,4,6H2,1-3H3,(H3,11,12). The molecular formula is C10H19N5. The molecule has 0 aliphatic rings. The first-order valence-corrected chi connectivity index (χ1v) is 5.06. The van der Waals surface area contributed by atoms with Crippen LogP contribution in [0.15, 0.2) is 12.4 Å². The topological polar surface area (TPSA) is 70.9 Å². The molecule has 1 heterocycles. The zero-order chi connectivity index (χ0) is 11.4. The van der Waals surface area contributed by atoms with Crippen LogP contribution in [0.25, 0.3) is 0 Å². The second-order valence-electron chi connectivity index (χ2n) is 3.82. The van der Waals surface area contributed by atoms with Crippen molar-refractivity contribution < 1.29 is 0 Å². The predicted molar refractivity (Wildman–Crippen MR) is 60.7 cm³/mol. The molecule has 1 atom stereocenters. The summed E-state index contributed by atoms with van der Waals surface area (Å²) in [6.45, 7) is 2.80. The number of amidine groups is 1. The number of aromatic nitrogens is 2. The zero-order valence-electron chi connectivity index (χ0n) is 9.57. The smallest absolute Gasteiger partial charge is 0.108 e. The molecule has 0 saturated carbocycles. The van der Waals surface area contributed by atoms with Gasteiger partial charge < -0.3 is 5.73 Å². The minimum absolute atomic E-state index is 0.0187. The first-order chi connectivity index (χ1) is 7.04. The second-order valence-corrected chi connectivity index (χ2v) is 3.82. The number of nitrogens with zero attached hydrogens (tertiary/aromatic N) is 3. The molecular weight excluding hydrogens is 190 g/mol. The maximum atomic E-state index is 7.47. The van der Waals surface area contributed by atoms with E-state index in [0.29, 0.717) is 0 Å². The van der Waals surface area contributed by atoms with Crippen molar-refractivity contribution in [3.8, 4) is 0 Å². The van der Waals surface area contributed by atoms with Crippen molar-refractivity contribution in [1.29, 1.82) is 5.41 Å². The molecule has 3 N–H and O–H groups in total. The fraction of sp³-hybridized carbons (Fsp3) is 0.600. The maximum Gasteiger partial charge on any atom is 0.108 e. The molecule has 1 aromatic rings. The highest BCUT2D eigenvalue weighted by molar-refractivity contribution is 5.82. The van der Waals surface area contributed by atoms with Gasteiger partial charge in [-0.1, -0.05) is 6.92 Å². The van der Waals surface area contributed by atoms with Gasteiger partial charge in [0.2, 0.25) is 0 Å². The number of nitrogens with two attached hydrogens (primary N) is 1. The van der Waals surface area contributed by atoms with Crippen molar-refractivity contribution in [3.63, 3.8) is 0 Å². The Labute approximate surface area is 90.4 Å². The number of hydrogen-bond donors (Lipinski definition) is 2. The van der Waals surface area contributed by atoms with Crippen LogP contribution < -0.4 is 5.73 Å². The van der Waals surface area contributed by atoms with Crippen molar-refractivity contribution in [2.24, 2.45) is 12.8 Å². The number of hydrogen-bond acceptors (Lipinski definition) is 3. The molecule has 0 fully saturated rings. The molecule has 5 nitrogen and oxygen atoms in total. The lowest BCUT2D eigenvalue weighted by atomic mass is 10.1. The Balaban J connectivity index is 2.61. The highest BCUT2D eigenvalue weighted by atomic mass is 15.2. The molecule has 84 valence electrons. The van der Waals surface area contributed by atoms with Crippen LogP contribution in [0.1, 0.15) is 18.9 Å². The second kappa shape index (κ2) is 4.93. The fourth-order valence-electron chi connectivity index (χ4n) is 1.72. The van der Waals surface area contributed by atoms with E-state index in [2.05, 4.69) is 10.00 Å². The molecule has 1 aromatic heterocycles. The molecule has 0 spiro atoms. The number of aryl methyl sites for hydroxylation is 1. The Hall–Kier alpha value is -1.36. The maximum absolute atomic E-state index is 7.47. The Morgan fingerprint density at radius 3 is 2.80 bits per heavy atom. The molecule has 0 bridgehead atoms. The van der Waals surface area contributed by atoms with E-state index in [4.69, 9.17) is 11.1 Å². The zero-order valence-corrected chi connectivity index (χ0v) is 9.57. The van der Waals surface area contributed by atoms with E-state index >= 15 is 0 Å². The van der Waals surface area contributed by atoms with Crippen molar-refractivity contribution in [1.82, 2.24) is 14.7 Å². The van der Waals surface area contributed by atoms with Gasteiger partial charge in [-0.3, -0.25) is 15.0 Å². The van der Waals surface area contributed by atoms with E-state index in [1.54, 1.807) is 4.68 Å². The third-order valence-electron chi connectivity index (χ3n) is 2.47.